The van der Waals surface area contributed by atoms with Crippen LogP contribution in [0.4, 0.5) is 0 Å². The zero-order valence-electron chi connectivity index (χ0n) is 10.9. The van der Waals surface area contributed by atoms with Gasteiger partial charge in [-0.1, -0.05) is 26.2 Å². The molecule has 1 N–H and O–H groups in total. The first kappa shape index (κ1) is 15.3. The molecule has 17 heavy (non-hydrogen) atoms. The lowest BCUT2D eigenvalue weighted by Gasteiger charge is -2.25. The summed E-state index contributed by atoms with van der Waals surface area (Å²) in [5.74, 6) is 1.05. The number of rotatable bonds is 6. The van der Waals surface area contributed by atoms with Crippen molar-refractivity contribution in [2.45, 2.75) is 50.3 Å². The van der Waals surface area contributed by atoms with Crippen LogP contribution in [0.15, 0.2) is 0 Å². The van der Waals surface area contributed by atoms with Gasteiger partial charge in [0.15, 0.2) is 0 Å². The summed E-state index contributed by atoms with van der Waals surface area (Å²) >= 11 is 1.84. The van der Waals surface area contributed by atoms with Crippen molar-refractivity contribution in [1.82, 2.24) is 5.32 Å². The lowest BCUT2D eigenvalue weighted by molar-refractivity contribution is 0.482. The van der Waals surface area contributed by atoms with Crippen LogP contribution in [0.5, 0.6) is 0 Å². The molecule has 1 rings (SSSR count). The summed E-state index contributed by atoms with van der Waals surface area (Å²) in [4.78, 5) is 0. The van der Waals surface area contributed by atoms with Gasteiger partial charge in [-0.05, 0) is 19.4 Å². The predicted molar refractivity (Wildman–Crippen MR) is 76.5 cm³/mol. The SMILES string of the molecule is CCNC1CCCCCC1SCCS(C)(=O)=O. The third-order valence-corrected chi connectivity index (χ3v) is 5.84. The summed E-state index contributed by atoms with van der Waals surface area (Å²) in [5, 5.41) is 4.15. The van der Waals surface area contributed by atoms with E-state index in [9.17, 15) is 8.42 Å². The van der Waals surface area contributed by atoms with Crippen molar-refractivity contribution < 1.29 is 8.42 Å². The van der Waals surface area contributed by atoms with Crippen molar-refractivity contribution >= 4 is 21.6 Å². The molecule has 1 saturated carbocycles. The molecule has 1 fully saturated rings. The molecule has 0 bridgehead atoms. The van der Waals surface area contributed by atoms with Gasteiger partial charge in [0.1, 0.15) is 9.84 Å². The number of hydrogen-bond donors (Lipinski definition) is 1. The number of hydrogen-bond acceptors (Lipinski definition) is 4. The van der Waals surface area contributed by atoms with Crippen LogP contribution in [0, 0.1) is 0 Å². The average molecular weight is 279 g/mol. The maximum absolute atomic E-state index is 11.1. The van der Waals surface area contributed by atoms with E-state index in [2.05, 4.69) is 12.2 Å². The third-order valence-electron chi connectivity index (χ3n) is 3.20. The number of nitrogens with one attached hydrogen (secondary N) is 1. The van der Waals surface area contributed by atoms with Crippen molar-refractivity contribution in [3.8, 4) is 0 Å². The molecule has 0 amide bonds. The summed E-state index contributed by atoms with van der Waals surface area (Å²) in [6.07, 6.45) is 7.71. The molecule has 0 radical (unpaired) electrons. The van der Waals surface area contributed by atoms with E-state index in [1.807, 2.05) is 11.8 Å². The third kappa shape index (κ3) is 6.67. The van der Waals surface area contributed by atoms with Crippen LogP contribution >= 0.6 is 11.8 Å². The monoisotopic (exact) mass is 279 g/mol. The highest BCUT2D eigenvalue weighted by molar-refractivity contribution is 8.01. The van der Waals surface area contributed by atoms with Crippen LogP contribution in [0.25, 0.3) is 0 Å². The molecule has 0 heterocycles. The minimum Gasteiger partial charge on any atom is -0.313 e. The fraction of sp³-hybridized carbons (Fsp3) is 1.00. The van der Waals surface area contributed by atoms with Gasteiger partial charge in [-0.2, -0.15) is 11.8 Å². The molecule has 3 nitrogen and oxygen atoms in total. The van der Waals surface area contributed by atoms with E-state index in [-0.39, 0.29) is 0 Å². The van der Waals surface area contributed by atoms with Crippen LogP contribution in [0.2, 0.25) is 0 Å². The molecule has 1 aliphatic carbocycles. The van der Waals surface area contributed by atoms with E-state index in [0.717, 1.165) is 12.3 Å². The second kappa shape index (κ2) is 7.64. The highest BCUT2D eigenvalue weighted by atomic mass is 32.2. The normalized spacial score (nSPS) is 26.7. The molecule has 5 heteroatoms. The Morgan fingerprint density at radius 3 is 2.59 bits per heavy atom. The van der Waals surface area contributed by atoms with Gasteiger partial charge in [0.25, 0.3) is 0 Å². The molecular weight excluding hydrogens is 254 g/mol. The number of sulfone groups is 1. The Balaban J connectivity index is 2.40. The molecule has 102 valence electrons. The van der Waals surface area contributed by atoms with E-state index in [4.69, 9.17) is 0 Å². The van der Waals surface area contributed by atoms with Gasteiger partial charge in [-0.3, -0.25) is 0 Å². The Hall–Kier alpha value is 0.260. The Bertz CT molecular complexity index is 304. The Kier molecular flexibility index (Phi) is 6.89. The number of thioether (sulfide) groups is 1. The first-order chi connectivity index (χ1) is 8.03. The Morgan fingerprint density at radius 1 is 1.24 bits per heavy atom. The van der Waals surface area contributed by atoms with Crippen molar-refractivity contribution in [1.29, 1.82) is 0 Å². The maximum atomic E-state index is 11.1. The quantitative estimate of drug-likeness (QED) is 0.756. The zero-order valence-corrected chi connectivity index (χ0v) is 12.6. The van der Waals surface area contributed by atoms with E-state index >= 15 is 0 Å². The lowest BCUT2D eigenvalue weighted by atomic mass is 10.1. The summed E-state index contributed by atoms with van der Waals surface area (Å²) in [5.41, 5.74) is 0. The summed E-state index contributed by atoms with van der Waals surface area (Å²) in [6.45, 7) is 3.15. The van der Waals surface area contributed by atoms with Crippen LogP contribution in [0.1, 0.15) is 39.0 Å². The van der Waals surface area contributed by atoms with Gasteiger partial charge in [-0.25, -0.2) is 8.42 Å². The summed E-state index contributed by atoms with van der Waals surface area (Å²) in [7, 11) is -2.81. The maximum Gasteiger partial charge on any atom is 0.148 e. The second-order valence-electron chi connectivity index (χ2n) is 4.84. The summed E-state index contributed by atoms with van der Waals surface area (Å²) in [6, 6.07) is 0.576. The van der Waals surface area contributed by atoms with Crippen LogP contribution in [-0.2, 0) is 9.84 Å². The van der Waals surface area contributed by atoms with Crippen molar-refractivity contribution in [3.05, 3.63) is 0 Å². The largest absolute Gasteiger partial charge is 0.313 e. The second-order valence-corrected chi connectivity index (χ2v) is 8.45. The smallest absolute Gasteiger partial charge is 0.148 e. The lowest BCUT2D eigenvalue weighted by Crippen LogP contribution is -2.37. The standard InChI is InChI=1S/C12H25NO2S2/c1-3-13-11-7-5-4-6-8-12(11)16-9-10-17(2,14)15/h11-13H,3-10H2,1-2H3. The molecule has 0 aliphatic heterocycles. The van der Waals surface area contributed by atoms with E-state index < -0.39 is 9.84 Å². The van der Waals surface area contributed by atoms with E-state index in [1.54, 1.807) is 0 Å². The van der Waals surface area contributed by atoms with Crippen molar-refractivity contribution in [2.75, 3.05) is 24.3 Å². The molecule has 0 spiro atoms. The molecule has 1 aliphatic rings. The van der Waals surface area contributed by atoms with E-state index in [1.165, 1.54) is 38.4 Å². The Labute approximate surface area is 110 Å². The van der Waals surface area contributed by atoms with Gasteiger partial charge < -0.3 is 5.32 Å². The minimum absolute atomic E-state index is 0.313. The van der Waals surface area contributed by atoms with Crippen molar-refractivity contribution in [3.63, 3.8) is 0 Å². The first-order valence-electron chi connectivity index (χ1n) is 6.55. The van der Waals surface area contributed by atoms with Gasteiger partial charge in [0.05, 0.1) is 5.75 Å². The van der Waals surface area contributed by atoms with Crippen molar-refractivity contribution in [2.24, 2.45) is 0 Å². The predicted octanol–water partition coefficient (Wildman–Crippen LogP) is 2.08. The highest BCUT2D eigenvalue weighted by Crippen LogP contribution is 2.27. The fourth-order valence-electron chi connectivity index (χ4n) is 2.32. The Morgan fingerprint density at radius 2 is 1.94 bits per heavy atom. The molecule has 0 aromatic heterocycles. The first-order valence-corrected chi connectivity index (χ1v) is 9.66. The van der Waals surface area contributed by atoms with Crippen LogP contribution in [0.3, 0.4) is 0 Å². The van der Waals surface area contributed by atoms with Gasteiger partial charge in [0, 0.05) is 23.3 Å². The topological polar surface area (TPSA) is 46.2 Å². The molecule has 0 saturated heterocycles. The van der Waals surface area contributed by atoms with E-state index in [0.29, 0.717) is 17.0 Å². The zero-order chi connectivity index (χ0) is 12.7. The molecular formula is C12H25NO2S2. The minimum atomic E-state index is -2.81. The average Bonchev–Trinajstić information content (AvgIpc) is 2.43. The fourth-order valence-corrected chi connectivity index (χ4v) is 5.02. The van der Waals surface area contributed by atoms with Crippen LogP contribution < -0.4 is 5.32 Å². The van der Waals surface area contributed by atoms with Gasteiger partial charge in [-0.15, -0.1) is 0 Å². The van der Waals surface area contributed by atoms with Gasteiger partial charge in [0.2, 0.25) is 0 Å². The molecule has 2 unspecified atom stereocenters. The van der Waals surface area contributed by atoms with Crippen LogP contribution in [-0.4, -0.2) is 44.0 Å². The molecule has 0 aromatic carbocycles. The summed E-state index contributed by atoms with van der Waals surface area (Å²) < 4.78 is 22.2. The van der Waals surface area contributed by atoms with Gasteiger partial charge >= 0.3 is 0 Å². The molecule has 2 atom stereocenters. The molecule has 0 aromatic rings. The highest BCUT2D eigenvalue weighted by Gasteiger charge is 2.23.